The zero-order valence-electron chi connectivity index (χ0n) is 10.1. The lowest BCUT2D eigenvalue weighted by atomic mass is 10.1. The SMILES string of the molecule is O=C(NC1CCCCNC1)c1ccc(Br)cc1O. The number of rotatable bonds is 2. The number of phenolic OH excluding ortho intramolecular Hbond substituents is 1. The quantitative estimate of drug-likeness (QED) is 0.783. The number of nitrogens with one attached hydrogen (secondary N) is 2. The van der Waals surface area contributed by atoms with E-state index >= 15 is 0 Å². The monoisotopic (exact) mass is 312 g/mol. The van der Waals surface area contributed by atoms with Crippen molar-refractivity contribution in [1.29, 1.82) is 0 Å². The molecular formula is C13H17BrN2O2. The number of amides is 1. The molecule has 1 fully saturated rings. The van der Waals surface area contributed by atoms with Gasteiger partial charge in [-0.1, -0.05) is 22.4 Å². The van der Waals surface area contributed by atoms with Gasteiger partial charge in [0.05, 0.1) is 5.56 Å². The van der Waals surface area contributed by atoms with Gasteiger partial charge in [0, 0.05) is 17.1 Å². The molecule has 0 aliphatic carbocycles. The highest BCUT2D eigenvalue weighted by atomic mass is 79.9. The van der Waals surface area contributed by atoms with Crippen molar-refractivity contribution in [2.45, 2.75) is 25.3 Å². The van der Waals surface area contributed by atoms with Crippen molar-refractivity contribution < 1.29 is 9.90 Å². The molecule has 98 valence electrons. The minimum Gasteiger partial charge on any atom is -0.507 e. The molecule has 1 aromatic rings. The van der Waals surface area contributed by atoms with Gasteiger partial charge in [-0.25, -0.2) is 0 Å². The van der Waals surface area contributed by atoms with Crippen LogP contribution in [0.5, 0.6) is 5.75 Å². The summed E-state index contributed by atoms with van der Waals surface area (Å²) in [6, 6.07) is 5.04. The first-order valence-electron chi connectivity index (χ1n) is 6.17. The van der Waals surface area contributed by atoms with Crippen LogP contribution in [-0.2, 0) is 0 Å². The minimum atomic E-state index is -0.214. The predicted octanol–water partition coefficient (Wildman–Crippen LogP) is 2.03. The van der Waals surface area contributed by atoms with E-state index in [1.54, 1.807) is 12.1 Å². The van der Waals surface area contributed by atoms with Crippen molar-refractivity contribution >= 4 is 21.8 Å². The van der Waals surface area contributed by atoms with Crippen LogP contribution in [0.25, 0.3) is 0 Å². The number of hydrogen-bond donors (Lipinski definition) is 3. The van der Waals surface area contributed by atoms with Gasteiger partial charge in [-0.2, -0.15) is 0 Å². The van der Waals surface area contributed by atoms with Crippen LogP contribution in [0, 0.1) is 0 Å². The summed E-state index contributed by atoms with van der Waals surface area (Å²) >= 11 is 3.25. The molecule has 0 radical (unpaired) electrons. The number of aromatic hydroxyl groups is 1. The molecule has 1 unspecified atom stereocenters. The van der Waals surface area contributed by atoms with Crippen LogP contribution >= 0.6 is 15.9 Å². The first kappa shape index (κ1) is 13.4. The van der Waals surface area contributed by atoms with Crippen LogP contribution in [0.2, 0.25) is 0 Å². The van der Waals surface area contributed by atoms with Crippen molar-refractivity contribution in [3.63, 3.8) is 0 Å². The number of phenols is 1. The highest BCUT2D eigenvalue weighted by Crippen LogP contribution is 2.22. The summed E-state index contributed by atoms with van der Waals surface area (Å²) in [4.78, 5) is 12.0. The third kappa shape index (κ3) is 3.46. The van der Waals surface area contributed by atoms with Gasteiger partial charge in [0.2, 0.25) is 0 Å². The third-order valence-corrected chi connectivity index (χ3v) is 3.58. The van der Waals surface area contributed by atoms with E-state index in [0.717, 1.165) is 36.8 Å². The lowest BCUT2D eigenvalue weighted by molar-refractivity contribution is 0.0933. The Morgan fingerprint density at radius 1 is 1.44 bits per heavy atom. The fourth-order valence-electron chi connectivity index (χ4n) is 2.10. The zero-order valence-corrected chi connectivity index (χ0v) is 11.7. The zero-order chi connectivity index (χ0) is 13.0. The van der Waals surface area contributed by atoms with Gasteiger partial charge in [0.1, 0.15) is 5.75 Å². The van der Waals surface area contributed by atoms with E-state index in [9.17, 15) is 9.90 Å². The molecule has 0 bridgehead atoms. The van der Waals surface area contributed by atoms with E-state index in [0.29, 0.717) is 5.56 Å². The molecule has 1 aliphatic rings. The smallest absolute Gasteiger partial charge is 0.255 e. The van der Waals surface area contributed by atoms with E-state index in [1.165, 1.54) is 6.07 Å². The summed E-state index contributed by atoms with van der Waals surface area (Å²) in [5.74, 6) is -0.211. The number of carbonyl (C=O) groups excluding carboxylic acids is 1. The Kier molecular flexibility index (Phi) is 4.60. The molecule has 1 heterocycles. The van der Waals surface area contributed by atoms with Gasteiger partial charge in [0.15, 0.2) is 0 Å². The summed E-state index contributed by atoms with van der Waals surface area (Å²) < 4.78 is 0.757. The van der Waals surface area contributed by atoms with Crippen molar-refractivity contribution in [1.82, 2.24) is 10.6 Å². The third-order valence-electron chi connectivity index (χ3n) is 3.09. The molecule has 1 aliphatic heterocycles. The van der Waals surface area contributed by atoms with Gasteiger partial charge in [0.25, 0.3) is 5.91 Å². The van der Waals surface area contributed by atoms with Crippen molar-refractivity contribution in [3.05, 3.63) is 28.2 Å². The number of hydrogen-bond acceptors (Lipinski definition) is 3. The molecule has 18 heavy (non-hydrogen) atoms. The summed E-state index contributed by atoms with van der Waals surface area (Å²) in [5.41, 5.74) is 0.322. The summed E-state index contributed by atoms with van der Waals surface area (Å²) in [7, 11) is 0. The average molecular weight is 313 g/mol. The first-order valence-corrected chi connectivity index (χ1v) is 6.96. The van der Waals surface area contributed by atoms with Gasteiger partial charge < -0.3 is 15.7 Å². The standard InChI is InChI=1S/C13H17BrN2O2/c14-9-4-5-11(12(17)7-9)13(18)16-10-3-1-2-6-15-8-10/h4-5,7,10,15,17H,1-3,6,8H2,(H,16,18). The van der Waals surface area contributed by atoms with Crippen LogP contribution in [0.4, 0.5) is 0 Å². The fraction of sp³-hybridized carbons (Fsp3) is 0.462. The van der Waals surface area contributed by atoms with E-state index in [2.05, 4.69) is 26.6 Å². The summed E-state index contributed by atoms with van der Waals surface area (Å²) in [6.07, 6.45) is 3.25. The Labute approximate surface area is 115 Å². The lowest BCUT2D eigenvalue weighted by Gasteiger charge is -2.16. The fourth-order valence-corrected chi connectivity index (χ4v) is 2.45. The molecule has 1 saturated heterocycles. The second-order valence-corrected chi connectivity index (χ2v) is 5.45. The molecular weight excluding hydrogens is 296 g/mol. The van der Waals surface area contributed by atoms with Crippen LogP contribution in [0.15, 0.2) is 22.7 Å². The Balaban J connectivity index is 2.02. The van der Waals surface area contributed by atoms with Crippen LogP contribution in [0.3, 0.4) is 0 Å². The Morgan fingerprint density at radius 2 is 2.28 bits per heavy atom. The van der Waals surface area contributed by atoms with Crippen LogP contribution in [0.1, 0.15) is 29.6 Å². The lowest BCUT2D eigenvalue weighted by Crippen LogP contribution is -2.40. The van der Waals surface area contributed by atoms with E-state index in [4.69, 9.17) is 0 Å². The minimum absolute atomic E-state index is 0.00320. The van der Waals surface area contributed by atoms with E-state index in [-0.39, 0.29) is 17.7 Å². The van der Waals surface area contributed by atoms with Crippen LogP contribution < -0.4 is 10.6 Å². The van der Waals surface area contributed by atoms with Gasteiger partial charge >= 0.3 is 0 Å². The first-order chi connectivity index (χ1) is 8.66. The van der Waals surface area contributed by atoms with E-state index in [1.807, 2.05) is 0 Å². The van der Waals surface area contributed by atoms with Gasteiger partial charge in [-0.05, 0) is 37.6 Å². The predicted molar refractivity (Wildman–Crippen MR) is 73.8 cm³/mol. The molecule has 1 aromatic carbocycles. The number of carbonyl (C=O) groups is 1. The molecule has 0 saturated carbocycles. The Morgan fingerprint density at radius 3 is 3.06 bits per heavy atom. The maximum atomic E-state index is 12.0. The highest BCUT2D eigenvalue weighted by Gasteiger charge is 2.17. The van der Waals surface area contributed by atoms with Crippen molar-refractivity contribution in [2.24, 2.45) is 0 Å². The number of benzene rings is 1. The van der Waals surface area contributed by atoms with E-state index < -0.39 is 0 Å². The summed E-state index contributed by atoms with van der Waals surface area (Å²) in [5, 5.41) is 16.0. The highest BCUT2D eigenvalue weighted by molar-refractivity contribution is 9.10. The van der Waals surface area contributed by atoms with Crippen molar-refractivity contribution in [2.75, 3.05) is 13.1 Å². The second kappa shape index (κ2) is 6.20. The van der Waals surface area contributed by atoms with Crippen LogP contribution in [-0.4, -0.2) is 30.1 Å². The number of halogens is 1. The molecule has 5 heteroatoms. The van der Waals surface area contributed by atoms with Crippen molar-refractivity contribution in [3.8, 4) is 5.75 Å². The molecule has 1 atom stereocenters. The Hall–Kier alpha value is -1.07. The molecule has 3 N–H and O–H groups in total. The largest absolute Gasteiger partial charge is 0.507 e. The Bertz CT molecular complexity index is 429. The maximum absolute atomic E-state index is 12.0. The molecule has 1 amide bonds. The average Bonchev–Trinajstić information content (AvgIpc) is 2.57. The topological polar surface area (TPSA) is 61.4 Å². The second-order valence-electron chi connectivity index (χ2n) is 4.53. The normalized spacial score (nSPS) is 20.2. The maximum Gasteiger partial charge on any atom is 0.255 e. The molecule has 0 aromatic heterocycles. The van der Waals surface area contributed by atoms with Gasteiger partial charge in [-0.3, -0.25) is 4.79 Å². The molecule has 0 spiro atoms. The van der Waals surface area contributed by atoms with Gasteiger partial charge in [-0.15, -0.1) is 0 Å². The molecule has 4 nitrogen and oxygen atoms in total. The summed E-state index contributed by atoms with van der Waals surface area (Å²) in [6.45, 7) is 1.80. The molecule has 2 rings (SSSR count).